The molecule has 5 heteroatoms. The minimum atomic E-state index is -0.323. The summed E-state index contributed by atoms with van der Waals surface area (Å²) in [4.78, 5) is 18.4. The van der Waals surface area contributed by atoms with E-state index in [2.05, 4.69) is 50.6 Å². The SMILES string of the molecule is Cn1cccc1CN(Cc1cccs1)C(=O)C1(c2cccs2)CCCC1. The van der Waals surface area contributed by atoms with E-state index >= 15 is 0 Å². The lowest BCUT2D eigenvalue weighted by Crippen LogP contribution is -2.44. The molecule has 0 N–H and O–H groups in total. The first-order valence-corrected chi connectivity index (χ1v) is 10.9. The van der Waals surface area contributed by atoms with E-state index in [1.807, 2.05) is 19.3 Å². The van der Waals surface area contributed by atoms with Crippen molar-refractivity contribution in [3.8, 4) is 0 Å². The van der Waals surface area contributed by atoms with Gasteiger partial charge in [-0.15, -0.1) is 22.7 Å². The molecule has 1 saturated carbocycles. The lowest BCUT2D eigenvalue weighted by atomic mass is 9.82. The molecule has 0 aromatic carbocycles. The van der Waals surface area contributed by atoms with E-state index in [9.17, 15) is 4.79 Å². The number of nitrogens with zero attached hydrogens (tertiary/aromatic N) is 2. The first kappa shape index (κ1) is 17.6. The molecule has 3 heterocycles. The maximum Gasteiger partial charge on any atom is 0.234 e. The average molecular weight is 385 g/mol. The number of carbonyl (C=O) groups is 1. The van der Waals surface area contributed by atoms with Crippen LogP contribution in [0.4, 0.5) is 0 Å². The Labute approximate surface area is 162 Å². The first-order valence-electron chi connectivity index (χ1n) is 9.15. The predicted octanol–water partition coefficient (Wildman–Crippen LogP) is 5.19. The number of carbonyl (C=O) groups excluding carboxylic acids is 1. The second-order valence-corrected chi connectivity index (χ2v) is 9.10. The Kier molecular flexibility index (Phi) is 5.00. The van der Waals surface area contributed by atoms with Crippen molar-refractivity contribution in [2.75, 3.05) is 0 Å². The van der Waals surface area contributed by atoms with Crippen LogP contribution in [0.25, 0.3) is 0 Å². The van der Waals surface area contributed by atoms with Crippen LogP contribution in [0.3, 0.4) is 0 Å². The van der Waals surface area contributed by atoms with E-state index in [1.54, 1.807) is 22.7 Å². The quantitative estimate of drug-likeness (QED) is 0.574. The van der Waals surface area contributed by atoms with Gasteiger partial charge in [0, 0.05) is 28.7 Å². The molecule has 136 valence electrons. The smallest absolute Gasteiger partial charge is 0.234 e. The molecule has 0 radical (unpaired) electrons. The van der Waals surface area contributed by atoms with Crippen LogP contribution in [-0.2, 0) is 30.3 Å². The number of thiophene rings is 2. The zero-order valence-corrected chi connectivity index (χ0v) is 16.7. The van der Waals surface area contributed by atoms with Crippen LogP contribution in [0.5, 0.6) is 0 Å². The van der Waals surface area contributed by atoms with Crippen LogP contribution < -0.4 is 0 Å². The van der Waals surface area contributed by atoms with Gasteiger partial charge in [-0.25, -0.2) is 0 Å². The van der Waals surface area contributed by atoms with Gasteiger partial charge in [-0.1, -0.05) is 25.0 Å². The highest BCUT2D eigenvalue weighted by Gasteiger charge is 2.45. The molecule has 1 fully saturated rings. The van der Waals surface area contributed by atoms with Crippen molar-refractivity contribution in [1.29, 1.82) is 0 Å². The summed E-state index contributed by atoms with van der Waals surface area (Å²) in [6.45, 7) is 1.35. The van der Waals surface area contributed by atoms with Gasteiger partial charge in [0.05, 0.1) is 18.5 Å². The van der Waals surface area contributed by atoms with Gasteiger partial charge in [0.1, 0.15) is 0 Å². The molecule has 4 rings (SSSR count). The minimum absolute atomic E-state index is 0.298. The fourth-order valence-electron chi connectivity index (χ4n) is 4.04. The lowest BCUT2D eigenvalue weighted by Gasteiger charge is -2.34. The van der Waals surface area contributed by atoms with Crippen LogP contribution in [0.15, 0.2) is 53.4 Å². The molecule has 3 aromatic heterocycles. The third-order valence-electron chi connectivity index (χ3n) is 5.48. The molecular weight excluding hydrogens is 360 g/mol. The van der Waals surface area contributed by atoms with E-state index < -0.39 is 0 Å². The Morgan fingerprint density at radius 3 is 2.46 bits per heavy atom. The van der Waals surface area contributed by atoms with Gasteiger partial charge < -0.3 is 9.47 Å². The largest absolute Gasteiger partial charge is 0.353 e. The van der Waals surface area contributed by atoms with Crippen LogP contribution >= 0.6 is 22.7 Å². The third kappa shape index (κ3) is 3.26. The molecule has 0 saturated heterocycles. The second kappa shape index (κ2) is 7.41. The summed E-state index contributed by atoms with van der Waals surface area (Å²) in [5.41, 5.74) is 0.852. The molecule has 1 amide bonds. The monoisotopic (exact) mass is 384 g/mol. The molecule has 1 aliphatic carbocycles. The van der Waals surface area contributed by atoms with E-state index in [1.165, 1.54) is 15.4 Å². The fourth-order valence-corrected chi connectivity index (χ4v) is 5.74. The number of amides is 1. The summed E-state index contributed by atoms with van der Waals surface area (Å²) in [5.74, 6) is 0.298. The molecule has 0 unspecified atom stereocenters. The Hall–Kier alpha value is -1.85. The molecule has 0 spiro atoms. The highest BCUT2D eigenvalue weighted by molar-refractivity contribution is 7.10. The van der Waals surface area contributed by atoms with Gasteiger partial charge in [0.15, 0.2) is 0 Å². The molecule has 0 aliphatic heterocycles. The highest BCUT2D eigenvalue weighted by atomic mass is 32.1. The van der Waals surface area contributed by atoms with E-state index in [4.69, 9.17) is 0 Å². The Morgan fingerprint density at radius 1 is 1.08 bits per heavy atom. The summed E-state index contributed by atoms with van der Waals surface area (Å²) >= 11 is 3.46. The van der Waals surface area contributed by atoms with Gasteiger partial charge >= 0.3 is 0 Å². The van der Waals surface area contributed by atoms with Crippen molar-refractivity contribution >= 4 is 28.6 Å². The van der Waals surface area contributed by atoms with Crippen LogP contribution in [0.1, 0.15) is 41.1 Å². The van der Waals surface area contributed by atoms with Gasteiger partial charge in [0.25, 0.3) is 0 Å². The average Bonchev–Trinajstić information content (AvgIpc) is 3.43. The van der Waals surface area contributed by atoms with Gasteiger partial charge in [-0.2, -0.15) is 0 Å². The summed E-state index contributed by atoms with van der Waals surface area (Å²) in [7, 11) is 2.05. The Morgan fingerprint density at radius 2 is 1.85 bits per heavy atom. The second-order valence-electron chi connectivity index (χ2n) is 7.12. The zero-order valence-electron chi connectivity index (χ0n) is 15.1. The molecule has 0 bridgehead atoms. The van der Waals surface area contributed by atoms with Gasteiger partial charge in [0.2, 0.25) is 5.91 Å². The Bertz CT molecular complexity index is 843. The van der Waals surface area contributed by atoms with Crippen LogP contribution in [0, 0.1) is 0 Å². The van der Waals surface area contributed by atoms with Gasteiger partial charge in [-0.05, 0) is 47.9 Å². The number of rotatable bonds is 6. The Balaban J connectivity index is 1.67. The van der Waals surface area contributed by atoms with E-state index in [0.717, 1.165) is 25.7 Å². The van der Waals surface area contributed by atoms with Gasteiger partial charge in [-0.3, -0.25) is 4.79 Å². The first-order chi connectivity index (χ1) is 12.7. The molecule has 3 nitrogen and oxygen atoms in total. The fraction of sp³-hybridized carbons (Fsp3) is 0.381. The van der Waals surface area contributed by atoms with Crippen molar-refractivity contribution in [1.82, 2.24) is 9.47 Å². The number of aromatic nitrogens is 1. The van der Waals surface area contributed by atoms with Crippen LogP contribution in [0.2, 0.25) is 0 Å². The standard InChI is InChI=1S/C21H24N2OS2/c1-22-12-4-7-17(22)15-23(16-18-8-5-13-25-18)20(24)21(10-2-3-11-21)19-9-6-14-26-19/h4-9,12-14H,2-3,10-11,15-16H2,1H3. The number of hydrogen-bond donors (Lipinski definition) is 0. The molecule has 3 aromatic rings. The van der Waals surface area contributed by atoms with Crippen molar-refractivity contribution < 1.29 is 4.79 Å². The van der Waals surface area contributed by atoms with Crippen molar-refractivity contribution in [3.63, 3.8) is 0 Å². The topological polar surface area (TPSA) is 25.2 Å². The summed E-state index contributed by atoms with van der Waals surface area (Å²) in [6, 6.07) is 12.6. The zero-order chi connectivity index (χ0) is 18.0. The predicted molar refractivity (Wildman–Crippen MR) is 108 cm³/mol. The minimum Gasteiger partial charge on any atom is -0.353 e. The molecule has 26 heavy (non-hydrogen) atoms. The normalized spacial score (nSPS) is 16.0. The summed E-state index contributed by atoms with van der Waals surface area (Å²) < 4.78 is 2.11. The summed E-state index contributed by atoms with van der Waals surface area (Å²) in [6.07, 6.45) is 6.27. The van der Waals surface area contributed by atoms with Crippen LogP contribution in [-0.4, -0.2) is 15.4 Å². The summed E-state index contributed by atoms with van der Waals surface area (Å²) in [5, 5.41) is 4.19. The van der Waals surface area contributed by atoms with E-state index in [0.29, 0.717) is 19.0 Å². The third-order valence-corrected chi connectivity index (χ3v) is 7.41. The number of aryl methyl sites for hydroxylation is 1. The highest BCUT2D eigenvalue weighted by Crippen LogP contribution is 2.45. The van der Waals surface area contributed by atoms with Crippen molar-refractivity contribution in [3.05, 3.63) is 68.8 Å². The van der Waals surface area contributed by atoms with Crippen molar-refractivity contribution in [2.24, 2.45) is 7.05 Å². The molecule has 0 atom stereocenters. The maximum atomic E-state index is 13.9. The van der Waals surface area contributed by atoms with Crippen molar-refractivity contribution in [2.45, 2.75) is 44.2 Å². The maximum absolute atomic E-state index is 13.9. The number of hydrogen-bond acceptors (Lipinski definition) is 3. The lowest BCUT2D eigenvalue weighted by molar-refractivity contribution is -0.138. The van der Waals surface area contributed by atoms with E-state index in [-0.39, 0.29) is 5.41 Å². The molecular formula is C21H24N2OS2. The molecule has 1 aliphatic rings.